The molecule has 0 radical (unpaired) electrons. The second-order valence-electron chi connectivity index (χ2n) is 5.83. The van der Waals surface area contributed by atoms with Gasteiger partial charge in [0.05, 0.1) is 12.5 Å². The summed E-state index contributed by atoms with van der Waals surface area (Å²) >= 11 is 0. The van der Waals surface area contributed by atoms with Gasteiger partial charge in [0.2, 0.25) is 0 Å². The molecule has 7 heteroatoms. The third-order valence-corrected chi connectivity index (χ3v) is 4.08. The Kier molecular flexibility index (Phi) is 3.76. The Morgan fingerprint density at radius 2 is 2.18 bits per heavy atom. The molecule has 3 rings (SSSR count). The maximum atomic E-state index is 12.6. The fourth-order valence-corrected chi connectivity index (χ4v) is 2.92. The number of benzene rings is 1. The minimum atomic E-state index is -4.24. The van der Waals surface area contributed by atoms with Crippen molar-refractivity contribution >= 4 is 5.97 Å². The zero-order valence-corrected chi connectivity index (χ0v) is 11.8. The predicted octanol–water partition coefficient (Wildman–Crippen LogP) is 2.63. The summed E-state index contributed by atoms with van der Waals surface area (Å²) in [6.45, 7) is -0.386. The lowest BCUT2D eigenvalue weighted by Crippen LogP contribution is -2.35. The average molecular weight is 315 g/mol. The molecule has 2 aliphatic rings. The highest BCUT2D eigenvalue weighted by Crippen LogP contribution is 2.48. The van der Waals surface area contributed by atoms with Gasteiger partial charge < -0.3 is 9.84 Å². The van der Waals surface area contributed by atoms with Crippen molar-refractivity contribution in [2.24, 2.45) is 5.92 Å². The molecule has 1 N–H and O–H groups in total. The first kappa shape index (κ1) is 15.1. The van der Waals surface area contributed by atoms with Crippen LogP contribution in [0.1, 0.15) is 23.5 Å². The minimum Gasteiger partial charge on any atom is -0.492 e. The van der Waals surface area contributed by atoms with Gasteiger partial charge in [-0.2, -0.15) is 13.2 Å². The molecular formula is C15H16F3NO3. The molecule has 0 saturated heterocycles. The molecule has 1 aromatic carbocycles. The van der Waals surface area contributed by atoms with E-state index in [2.05, 4.69) is 0 Å². The summed E-state index contributed by atoms with van der Waals surface area (Å²) in [4.78, 5) is 12.2. The molecule has 1 aliphatic carbocycles. The van der Waals surface area contributed by atoms with E-state index in [-0.39, 0.29) is 31.5 Å². The van der Waals surface area contributed by atoms with Gasteiger partial charge in [-0.15, -0.1) is 0 Å². The summed E-state index contributed by atoms with van der Waals surface area (Å²) < 4.78 is 43.2. The van der Waals surface area contributed by atoms with Gasteiger partial charge in [-0.25, -0.2) is 0 Å². The lowest BCUT2D eigenvalue weighted by molar-refractivity contribution is -0.147. The second-order valence-corrected chi connectivity index (χ2v) is 5.83. The van der Waals surface area contributed by atoms with E-state index in [1.165, 1.54) is 4.90 Å². The van der Waals surface area contributed by atoms with Crippen molar-refractivity contribution in [3.05, 3.63) is 29.3 Å². The first-order valence-electron chi connectivity index (χ1n) is 7.11. The summed E-state index contributed by atoms with van der Waals surface area (Å²) in [7, 11) is 0. The number of halogens is 3. The molecule has 1 aliphatic heterocycles. The average Bonchev–Trinajstić information content (AvgIpc) is 3.19. The lowest BCUT2D eigenvalue weighted by Gasteiger charge is -2.20. The number of hydrogen-bond donors (Lipinski definition) is 1. The number of carboxylic acids is 1. The molecule has 120 valence electrons. The third-order valence-electron chi connectivity index (χ3n) is 4.08. The summed E-state index contributed by atoms with van der Waals surface area (Å²) in [5.41, 5.74) is 1.55. The van der Waals surface area contributed by atoms with Crippen LogP contribution in [0.5, 0.6) is 5.75 Å². The van der Waals surface area contributed by atoms with E-state index in [4.69, 9.17) is 9.84 Å². The van der Waals surface area contributed by atoms with E-state index >= 15 is 0 Å². The summed E-state index contributed by atoms with van der Waals surface area (Å²) in [5.74, 6) is -0.658. The van der Waals surface area contributed by atoms with Crippen LogP contribution in [-0.2, 0) is 11.3 Å². The number of nitrogens with zero attached hydrogens (tertiary/aromatic N) is 1. The van der Waals surface area contributed by atoms with Gasteiger partial charge in [-0.1, -0.05) is 12.1 Å². The van der Waals surface area contributed by atoms with E-state index in [1.807, 2.05) is 6.07 Å². The number of carboxylic acid groups (broad SMARTS) is 1. The van der Waals surface area contributed by atoms with Crippen molar-refractivity contribution in [1.82, 2.24) is 4.90 Å². The molecule has 1 saturated carbocycles. The van der Waals surface area contributed by atoms with Gasteiger partial charge in [-0.3, -0.25) is 9.69 Å². The van der Waals surface area contributed by atoms with Crippen LogP contribution in [0.2, 0.25) is 0 Å². The Labute approximate surface area is 125 Å². The zero-order chi connectivity index (χ0) is 15.9. The van der Waals surface area contributed by atoms with Crippen LogP contribution in [0.3, 0.4) is 0 Å². The molecule has 0 aromatic heterocycles. The normalized spacial score (nSPS) is 25.0. The molecule has 1 aromatic rings. The van der Waals surface area contributed by atoms with Gasteiger partial charge in [0.1, 0.15) is 12.4 Å². The van der Waals surface area contributed by atoms with Crippen LogP contribution in [0, 0.1) is 5.92 Å². The van der Waals surface area contributed by atoms with Crippen LogP contribution in [-0.4, -0.2) is 41.8 Å². The van der Waals surface area contributed by atoms with Gasteiger partial charge in [0.25, 0.3) is 0 Å². The Hall–Kier alpha value is -1.76. The largest absolute Gasteiger partial charge is 0.492 e. The monoisotopic (exact) mass is 315 g/mol. The van der Waals surface area contributed by atoms with Crippen LogP contribution in [0.15, 0.2) is 18.2 Å². The molecule has 2 atom stereocenters. The Morgan fingerprint density at radius 3 is 2.82 bits per heavy atom. The van der Waals surface area contributed by atoms with Crippen molar-refractivity contribution in [1.29, 1.82) is 0 Å². The summed E-state index contributed by atoms with van der Waals surface area (Å²) in [5, 5.41) is 8.98. The van der Waals surface area contributed by atoms with Gasteiger partial charge in [0.15, 0.2) is 0 Å². The molecule has 1 unspecified atom stereocenters. The number of fused-ring (bicyclic) bond motifs is 1. The van der Waals surface area contributed by atoms with Crippen LogP contribution < -0.4 is 4.74 Å². The predicted molar refractivity (Wildman–Crippen MR) is 71.8 cm³/mol. The SMILES string of the molecule is O=C(O)C1C[C@H]1c1ccc2c(c1)CN(CC(F)(F)F)CCO2. The fourth-order valence-electron chi connectivity index (χ4n) is 2.92. The quantitative estimate of drug-likeness (QED) is 0.931. The van der Waals surface area contributed by atoms with Gasteiger partial charge in [-0.05, 0) is 24.0 Å². The van der Waals surface area contributed by atoms with Crippen molar-refractivity contribution in [2.45, 2.75) is 25.1 Å². The van der Waals surface area contributed by atoms with E-state index < -0.39 is 18.7 Å². The van der Waals surface area contributed by atoms with Crippen molar-refractivity contribution in [3.8, 4) is 5.75 Å². The molecule has 22 heavy (non-hydrogen) atoms. The van der Waals surface area contributed by atoms with Crippen molar-refractivity contribution < 1.29 is 27.8 Å². The smallest absolute Gasteiger partial charge is 0.401 e. The topological polar surface area (TPSA) is 49.8 Å². The fraction of sp³-hybridized carbons (Fsp3) is 0.533. The molecule has 0 bridgehead atoms. The van der Waals surface area contributed by atoms with Gasteiger partial charge >= 0.3 is 12.1 Å². The van der Waals surface area contributed by atoms with Crippen molar-refractivity contribution in [3.63, 3.8) is 0 Å². The Morgan fingerprint density at radius 1 is 1.41 bits per heavy atom. The molecule has 4 nitrogen and oxygen atoms in total. The second kappa shape index (κ2) is 5.46. The van der Waals surface area contributed by atoms with Crippen LogP contribution >= 0.6 is 0 Å². The highest BCUT2D eigenvalue weighted by atomic mass is 19.4. The maximum absolute atomic E-state index is 12.6. The Balaban J connectivity index is 1.77. The Bertz CT molecular complexity index is 588. The van der Waals surface area contributed by atoms with E-state index in [9.17, 15) is 18.0 Å². The molecular weight excluding hydrogens is 299 g/mol. The molecule has 1 heterocycles. The van der Waals surface area contributed by atoms with E-state index in [0.717, 1.165) is 5.56 Å². The standard InChI is InChI=1S/C15H16F3NO3/c16-15(17,18)8-19-3-4-22-13-2-1-9(5-10(13)7-19)11-6-12(11)14(20)21/h1-2,5,11-12H,3-4,6-8H2,(H,20,21)/t11-,12?/m0/s1. The molecule has 0 amide bonds. The van der Waals surface area contributed by atoms with Crippen LogP contribution in [0.25, 0.3) is 0 Å². The van der Waals surface area contributed by atoms with Crippen molar-refractivity contribution in [2.75, 3.05) is 19.7 Å². The zero-order valence-electron chi connectivity index (χ0n) is 11.8. The van der Waals surface area contributed by atoms with Gasteiger partial charge in [0, 0.05) is 18.7 Å². The third kappa shape index (κ3) is 3.35. The first-order chi connectivity index (χ1) is 10.3. The van der Waals surface area contributed by atoms with E-state index in [0.29, 0.717) is 17.7 Å². The number of ether oxygens (including phenoxy) is 1. The summed E-state index contributed by atoms with van der Waals surface area (Å²) in [6, 6.07) is 5.34. The van der Waals surface area contributed by atoms with E-state index in [1.54, 1.807) is 12.1 Å². The highest BCUT2D eigenvalue weighted by molar-refractivity contribution is 5.75. The summed E-state index contributed by atoms with van der Waals surface area (Å²) in [6.07, 6.45) is -3.66. The maximum Gasteiger partial charge on any atom is 0.401 e. The number of aliphatic carboxylic acids is 1. The number of alkyl halides is 3. The number of carbonyl (C=O) groups is 1. The highest BCUT2D eigenvalue weighted by Gasteiger charge is 2.44. The minimum absolute atomic E-state index is 0.0397. The molecule has 1 fully saturated rings. The lowest BCUT2D eigenvalue weighted by atomic mass is 10.0. The van der Waals surface area contributed by atoms with Crippen LogP contribution in [0.4, 0.5) is 13.2 Å². The first-order valence-corrected chi connectivity index (χ1v) is 7.11. The number of rotatable bonds is 3. The number of hydrogen-bond acceptors (Lipinski definition) is 3. The molecule has 0 spiro atoms.